The van der Waals surface area contributed by atoms with Crippen LogP contribution in [0.4, 0.5) is 0 Å². The number of furan rings is 1. The Bertz CT molecular complexity index is 1690. The SMILES string of the molecule is C#CC(=C=C)\C(=C/C=C(C)/C(=C/CCC=C)CC(C)(C)CC(=O)c1cc2nc(C3CCC(C)(C)CC3)cc(C(C)(C)C)c2o1)C(=O)O. The molecule has 0 bridgehead atoms. The number of rotatable bonds is 13. The van der Waals surface area contributed by atoms with Crippen LogP contribution in [0.5, 0.6) is 0 Å². The quantitative estimate of drug-likeness (QED) is 0.0450. The van der Waals surface area contributed by atoms with Gasteiger partial charge in [-0.2, -0.15) is 0 Å². The number of carboxylic acid groups (broad SMARTS) is 1. The van der Waals surface area contributed by atoms with Crippen LogP contribution in [0.2, 0.25) is 0 Å². The Morgan fingerprint density at radius 1 is 1.11 bits per heavy atom. The second-order valence-corrected chi connectivity index (χ2v) is 15.6. The number of carbonyl (C=O) groups excluding carboxylic acids is 1. The third-order valence-electron chi connectivity index (χ3n) is 9.24. The summed E-state index contributed by atoms with van der Waals surface area (Å²) in [7, 11) is 0. The number of carboxylic acids is 1. The normalized spacial score (nSPS) is 16.4. The number of allylic oxidation sites excluding steroid dienone is 6. The van der Waals surface area contributed by atoms with Crippen LogP contribution in [-0.2, 0) is 10.2 Å². The highest BCUT2D eigenvalue weighted by Gasteiger charge is 2.32. The van der Waals surface area contributed by atoms with E-state index in [0.29, 0.717) is 29.1 Å². The number of hydrogen-bond acceptors (Lipinski definition) is 4. The standard InChI is InChI=1S/C42H53NO4/c1-12-15-16-17-31(28(4)18-19-32(39(45)46)29(13-2)14-3)26-42(10,11)27-36(44)37-25-35-38(47-37)33(40(5,6)7)24-34(43-35)30-20-22-41(8,9)23-21-30/h2,12,17-19,24-25,30H,1,3,15-16,20-23,26-27H2,4-11H3,(H,45,46)/b28-18+,31-17+,32-19+. The highest BCUT2D eigenvalue weighted by atomic mass is 16.4. The molecule has 0 unspecified atom stereocenters. The number of aliphatic carboxylic acids is 1. The van der Waals surface area contributed by atoms with E-state index in [-0.39, 0.29) is 28.8 Å². The van der Waals surface area contributed by atoms with E-state index >= 15 is 0 Å². The van der Waals surface area contributed by atoms with Crippen LogP contribution in [0.25, 0.3) is 11.1 Å². The molecule has 1 saturated carbocycles. The molecule has 1 aliphatic carbocycles. The lowest BCUT2D eigenvalue weighted by atomic mass is 9.72. The molecule has 1 N–H and O–H groups in total. The van der Waals surface area contributed by atoms with Crippen molar-refractivity contribution in [3.63, 3.8) is 0 Å². The smallest absolute Gasteiger partial charge is 0.337 e. The predicted molar refractivity (Wildman–Crippen MR) is 194 cm³/mol. The number of aromatic nitrogens is 1. The van der Waals surface area contributed by atoms with E-state index in [1.165, 1.54) is 18.9 Å². The summed E-state index contributed by atoms with van der Waals surface area (Å²) in [5.41, 5.74) is 7.89. The Hall–Kier alpha value is -4.13. The van der Waals surface area contributed by atoms with Crippen molar-refractivity contribution in [3.8, 4) is 12.3 Å². The summed E-state index contributed by atoms with van der Waals surface area (Å²) in [4.78, 5) is 30.7. The lowest BCUT2D eigenvalue weighted by Crippen LogP contribution is -2.21. The fraction of sp³-hybridized carbons (Fsp3) is 0.476. The molecule has 0 atom stereocenters. The first-order valence-corrected chi connectivity index (χ1v) is 16.7. The lowest BCUT2D eigenvalue weighted by Gasteiger charge is -2.34. The van der Waals surface area contributed by atoms with E-state index in [1.54, 1.807) is 6.08 Å². The number of nitrogens with zero attached hydrogens (tertiary/aromatic N) is 1. The van der Waals surface area contributed by atoms with Gasteiger partial charge in [-0.1, -0.05) is 79.2 Å². The lowest BCUT2D eigenvalue weighted by molar-refractivity contribution is -0.132. The van der Waals surface area contributed by atoms with E-state index in [2.05, 4.69) is 85.4 Å². The second kappa shape index (κ2) is 15.2. The van der Waals surface area contributed by atoms with Crippen LogP contribution in [0, 0.1) is 23.2 Å². The molecule has 0 spiro atoms. The van der Waals surface area contributed by atoms with Crippen molar-refractivity contribution in [1.29, 1.82) is 0 Å². The molecular weight excluding hydrogens is 582 g/mol. The van der Waals surface area contributed by atoms with Crippen molar-refractivity contribution in [1.82, 2.24) is 4.98 Å². The Kier molecular flexibility index (Phi) is 12.1. The maximum atomic E-state index is 13.8. The molecule has 2 heterocycles. The number of unbranched alkanes of at least 4 members (excludes halogenated alkanes) is 1. The number of pyridine rings is 1. The van der Waals surface area contributed by atoms with E-state index in [9.17, 15) is 14.7 Å². The zero-order chi connectivity index (χ0) is 35.2. The largest absolute Gasteiger partial charge is 0.478 e. The fourth-order valence-corrected chi connectivity index (χ4v) is 6.29. The topological polar surface area (TPSA) is 80.4 Å². The summed E-state index contributed by atoms with van der Waals surface area (Å²) in [5.74, 6) is 1.87. The van der Waals surface area contributed by atoms with Gasteiger partial charge in [0.2, 0.25) is 0 Å². The van der Waals surface area contributed by atoms with Crippen molar-refractivity contribution >= 4 is 22.9 Å². The van der Waals surface area contributed by atoms with Crippen LogP contribution in [0.1, 0.15) is 134 Å². The van der Waals surface area contributed by atoms with Crippen LogP contribution in [0.3, 0.4) is 0 Å². The van der Waals surface area contributed by atoms with Gasteiger partial charge in [-0.05, 0) is 91.4 Å². The molecule has 0 aliphatic heterocycles. The fourth-order valence-electron chi connectivity index (χ4n) is 6.29. The second-order valence-electron chi connectivity index (χ2n) is 15.6. The van der Waals surface area contributed by atoms with Crippen LogP contribution in [0.15, 0.2) is 82.0 Å². The Morgan fingerprint density at radius 2 is 1.77 bits per heavy atom. The Labute approximate surface area is 282 Å². The maximum Gasteiger partial charge on any atom is 0.337 e. The average Bonchev–Trinajstić information content (AvgIpc) is 3.42. The number of fused-ring (bicyclic) bond motifs is 1. The molecule has 250 valence electrons. The van der Waals surface area contributed by atoms with Crippen molar-refractivity contribution in [2.24, 2.45) is 10.8 Å². The van der Waals surface area contributed by atoms with Gasteiger partial charge in [0.05, 0.1) is 11.1 Å². The number of ketones is 1. The Balaban J connectivity index is 1.92. The zero-order valence-corrected chi connectivity index (χ0v) is 29.8. The third kappa shape index (κ3) is 9.93. The molecule has 5 nitrogen and oxygen atoms in total. The summed E-state index contributed by atoms with van der Waals surface area (Å²) >= 11 is 0. The van der Waals surface area contributed by atoms with Crippen LogP contribution >= 0.6 is 0 Å². The van der Waals surface area contributed by atoms with Gasteiger partial charge < -0.3 is 9.52 Å². The molecule has 2 aromatic rings. The first-order valence-electron chi connectivity index (χ1n) is 16.7. The van der Waals surface area contributed by atoms with Crippen molar-refractivity contribution in [2.45, 2.75) is 118 Å². The summed E-state index contributed by atoms with van der Waals surface area (Å²) in [6.45, 7) is 24.6. The molecular formula is C42H53NO4. The Morgan fingerprint density at radius 3 is 2.32 bits per heavy atom. The minimum absolute atomic E-state index is 0.0506. The number of Topliss-reactive ketones (excluding diaryl/α,β-unsaturated/α-hetero) is 1. The van der Waals surface area contributed by atoms with E-state index < -0.39 is 11.4 Å². The summed E-state index contributed by atoms with van der Waals surface area (Å²) in [6, 6.07) is 4.05. The van der Waals surface area contributed by atoms with E-state index in [1.807, 2.05) is 19.1 Å². The van der Waals surface area contributed by atoms with Gasteiger partial charge in [0.15, 0.2) is 17.1 Å². The molecule has 47 heavy (non-hydrogen) atoms. The number of terminal acetylenes is 1. The molecule has 3 rings (SSSR count). The van der Waals surface area contributed by atoms with Gasteiger partial charge in [-0.25, -0.2) is 9.78 Å². The van der Waals surface area contributed by atoms with Gasteiger partial charge in [-0.15, -0.1) is 18.7 Å². The van der Waals surface area contributed by atoms with Gasteiger partial charge in [-0.3, -0.25) is 4.79 Å². The van der Waals surface area contributed by atoms with E-state index in [4.69, 9.17) is 15.8 Å². The van der Waals surface area contributed by atoms with Crippen LogP contribution < -0.4 is 0 Å². The summed E-state index contributed by atoms with van der Waals surface area (Å²) in [5, 5.41) is 9.68. The molecule has 2 aromatic heterocycles. The maximum absolute atomic E-state index is 13.8. The van der Waals surface area contributed by atoms with Crippen molar-refractivity contribution < 1.29 is 19.1 Å². The third-order valence-corrected chi connectivity index (χ3v) is 9.24. The number of carbonyl (C=O) groups is 2. The van der Waals surface area contributed by atoms with Gasteiger partial charge in [0.25, 0.3) is 0 Å². The average molecular weight is 636 g/mol. The predicted octanol–water partition coefficient (Wildman–Crippen LogP) is 11.0. The molecule has 0 aromatic carbocycles. The van der Waals surface area contributed by atoms with E-state index in [0.717, 1.165) is 53.6 Å². The monoisotopic (exact) mass is 635 g/mol. The van der Waals surface area contributed by atoms with Crippen LogP contribution in [-0.4, -0.2) is 21.8 Å². The molecule has 0 saturated heterocycles. The van der Waals surface area contributed by atoms with Crippen molar-refractivity contribution in [3.05, 3.63) is 94.6 Å². The minimum Gasteiger partial charge on any atom is -0.478 e. The molecule has 1 fully saturated rings. The highest BCUT2D eigenvalue weighted by Crippen LogP contribution is 2.44. The minimum atomic E-state index is -1.15. The number of hydrogen-bond donors (Lipinski definition) is 1. The molecule has 0 radical (unpaired) electrons. The van der Waals surface area contributed by atoms with Gasteiger partial charge >= 0.3 is 5.97 Å². The highest BCUT2D eigenvalue weighted by molar-refractivity contribution is 5.98. The summed E-state index contributed by atoms with van der Waals surface area (Å²) < 4.78 is 6.33. The first kappa shape index (κ1) is 37.3. The first-order chi connectivity index (χ1) is 21.9. The molecule has 5 heteroatoms. The van der Waals surface area contributed by atoms with Gasteiger partial charge in [0.1, 0.15) is 5.52 Å². The molecule has 0 amide bonds. The summed E-state index contributed by atoms with van der Waals surface area (Å²) in [6.07, 6.45) is 19.7. The molecule has 1 aliphatic rings. The zero-order valence-electron chi connectivity index (χ0n) is 29.8. The van der Waals surface area contributed by atoms with Crippen molar-refractivity contribution in [2.75, 3.05) is 0 Å². The van der Waals surface area contributed by atoms with Gasteiger partial charge in [0, 0.05) is 29.7 Å².